The first kappa shape index (κ1) is 22.0. The minimum Gasteiger partial charge on any atom is -0.404 e. The second-order valence-corrected chi connectivity index (χ2v) is 7.17. The molecule has 0 fully saturated rings. The van der Waals surface area contributed by atoms with E-state index in [2.05, 4.69) is 15.0 Å². The van der Waals surface area contributed by atoms with Crippen LogP contribution in [0.15, 0.2) is 41.5 Å². The van der Waals surface area contributed by atoms with Crippen molar-refractivity contribution in [3.05, 3.63) is 53.6 Å². The highest BCUT2D eigenvalue weighted by Gasteiger charge is 2.33. The summed E-state index contributed by atoms with van der Waals surface area (Å²) in [6.45, 7) is 1.69. The first-order valence-electron chi connectivity index (χ1n) is 9.44. The van der Waals surface area contributed by atoms with E-state index in [1.807, 2.05) is 42.8 Å². The summed E-state index contributed by atoms with van der Waals surface area (Å²) in [4.78, 5) is 12.7. The molecule has 0 amide bonds. The van der Waals surface area contributed by atoms with E-state index in [4.69, 9.17) is 5.73 Å². The zero-order valence-corrected chi connectivity index (χ0v) is 17.3. The Labute approximate surface area is 177 Å². The lowest BCUT2D eigenvalue weighted by Crippen LogP contribution is -2.28. The van der Waals surface area contributed by atoms with Gasteiger partial charge in [-0.05, 0) is 31.2 Å². The number of nitrogens with two attached hydrogens (primary N) is 1. The zero-order valence-electron chi connectivity index (χ0n) is 17.3. The van der Waals surface area contributed by atoms with Crippen molar-refractivity contribution in [3.63, 3.8) is 0 Å². The Kier molecular flexibility index (Phi) is 6.11. The number of aromatic nitrogens is 3. The van der Waals surface area contributed by atoms with E-state index in [0.29, 0.717) is 29.3 Å². The van der Waals surface area contributed by atoms with Gasteiger partial charge in [-0.15, -0.1) is 0 Å². The molecule has 0 saturated carbocycles. The summed E-state index contributed by atoms with van der Waals surface area (Å²) >= 11 is 0. The Bertz CT molecular complexity index is 1210. The number of alkyl halides is 3. The number of allylic oxidation sites excluding steroid dienone is 1. The number of imidazole rings is 1. The van der Waals surface area contributed by atoms with Gasteiger partial charge < -0.3 is 10.3 Å². The van der Waals surface area contributed by atoms with Gasteiger partial charge in [-0.3, -0.25) is 4.99 Å². The van der Waals surface area contributed by atoms with Crippen molar-refractivity contribution < 1.29 is 13.2 Å². The minimum absolute atomic E-state index is 0.193. The van der Waals surface area contributed by atoms with E-state index >= 15 is 0 Å². The molecule has 1 unspecified atom stereocenters. The number of nitriles is 1. The lowest BCUT2D eigenvalue weighted by Gasteiger charge is -2.13. The van der Waals surface area contributed by atoms with Crippen molar-refractivity contribution >= 4 is 22.8 Å². The molecule has 1 aromatic carbocycles. The van der Waals surface area contributed by atoms with Crippen LogP contribution in [0.4, 0.5) is 13.2 Å². The molecule has 3 aromatic rings. The number of nitrogens with zero attached hydrogens (tertiary/aromatic N) is 5. The lowest BCUT2D eigenvalue weighted by atomic mass is 9.99. The SMILES string of the molecule is Cc1nc2cc(-c3nc(C#N)ccc3C(C=NCC(F)C(C)(F)F)=CN)ccc2n1C. The molecule has 31 heavy (non-hydrogen) atoms. The van der Waals surface area contributed by atoms with Crippen LogP contribution in [0.3, 0.4) is 0 Å². The molecule has 2 aromatic heterocycles. The number of hydrogen-bond donors (Lipinski definition) is 1. The molecule has 0 aliphatic carbocycles. The van der Waals surface area contributed by atoms with Gasteiger partial charge >= 0.3 is 0 Å². The highest BCUT2D eigenvalue weighted by atomic mass is 19.3. The van der Waals surface area contributed by atoms with Crippen LogP contribution >= 0.6 is 0 Å². The van der Waals surface area contributed by atoms with Crippen LogP contribution in [0.1, 0.15) is 24.0 Å². The van der Waals surface area contributed by atoms with Gasteiger partial charge in [-0.2, -0.15) is 5.26 Å². The fourth-order valence-corrected chi connectivity index (χ4v) is 3.05. The molecule has 0 bridgehead atoms. The number of rotatable bonds is 6. The molecule has 0 aliphatic rings. The first-order valence-corrected chi connectivity index (χ1v) is 9.44. The summed E-state index contributed by atoms with van der Waals surface area (Å²) in [5, 5.41) is 9.28. The maximum atomic E-state index is 13.5. The summed E-state index contributed by atoms with van der Waals surface area (Å²) in [6.07, 6.45) is 0.0571. The third kappa shape index (κ3) is 4.58. The van der Waals surface area contributed by atoms with Gasteiger partial charge in [0, 0.05) is 43.1 Å². The molecule has 9 heteroatoms. The second kappa shape index (κ2) is 8.60. The molecular weight excluding hydrogens is 405 g/mol. The van der Waals surface area contributed by atoms with E-state index in [0.717, 1.165) is 16.9 Å². The Hall–Kier alpha value is -3.67. The fourth-order valence-electron chi connectivity index (χ4n) is 3.05. The third-order valence-corrected chi connectivity index (χ3v) is 4.92. The maximum Gasteiger partial charge on any atom is 0.277 e. The smallest absolute Gasteiger partial charge is 0.277 e. The summed E-state index contributed by atoms with van der Waals surface area (Å²) in [7, 11) is 1.91. The van der Waals surface area contributed by atoms with Crippen LogP contribution in [-0.4, -0.2) is 39.4 Å². The van der Waals surface area contributed by atoms with Gasteiger partial charge in [0.25, 0.3) is 5.92 Å². The molecular formula is C22H21F3N6. The van der Waals surface area contributed by atoms with Gasteiger partial charge in [0.15, 0.2) is 6.17 Å². The number of aliphatic imine (C=N–C) groups is 1. The Balaban J connectivity index is 2.05. The molecule has 6 nitrogen and oxygen atoms in total. The topological polar surface area (TPSA) is 92.9 Å². The Morgan fingerprint density at radius 3 is 2.71 bits per heavy atom. The molecule has 2 heterocycles. The number of hydrogen-bond acceptors (Lipinski definition) is 5. The van der Waals surface area contributed by atoms with Crippen molar-refractivity contribution in [2.75, 3.05) is 6.54 Å². The Morgan fingerprint density at radius 2 is 2.06 bits per heavy atom. The minimum atomic E-state index is -3.48. The van der Waals surface area contributed by atoms with Crippen molar-refractivity contribution in [1.29, 1.82) is 5.26 Å². The van der Waals surface area contributed by atoms with Crippen molar-refractivity contribution in [1.82, 2.24) is 14.5 Å². The number of benzene rings is 1. The first-order chi connectivity index (χ1) is 14.7. The fraction of sp³-hybridized carbons (Fsp3) is 0.273. The number of pyridine rings is 1. The normalized spacial score (nSPS) is 13.6. The largest absolute Gasteiger partial charge is 0.404 e. The second-order valence-electron chi connectivity index (χ2n) is 7.17. The monoisotopic (exact) mass is 426 g/mol. The average Bonchev–Trinajstić information content (AvgIpc) is 3.03. The van der Waals surface area contributed by atoms with Gasteiger partial charge in [0.2, 0.25) is 0 Å². The average molecular weight is 426 g/mol. The molecule has 2 N–H and O–H groups in total. The quantitative estimate of drug-likeness (QED) is 0.599. The molecule has 0 aliphatic heterocycles. The predicted octanol–water partition coefficient (Wildman–Crippen LogP) is 4.18. The molecule has 0 saturated heterocycles. The molecule has 160 valence electrons. The lowest BCUT2D eigenvalue weighted by molar-refractivity contribution is -0.0503. The summed E-state index contributed by atoms with van der Waals surface area (Å²) in [5.74, 6) is -2.64. The van der Waals surface area contributed by atoms with Gasteiger partial charge in [0.05, 0.1) is 23.3 Å². The number of aryl methyl sites for hydroxylation is 2. The van der Waals surface area contributed by atoms with Crippen molar-refractivity contribution in [2.24, 2.45) is 17.8 Å². The van der Waals surface area contributed by atoms with Crippen LogP contribution in [0, 0.1) is 18.3 Å². The maximum absolute atomic E-state index is 13.5. The summed E-state index contributed by atoms with van der Waals surface area (Å²) in [5.41, 5.74) is 9.64. The van der Waals surface area contributed by atoms with Gasteiger partial charge in [0.1, 0.15) is 17.6 Å². The van der Waals surface area contributed by atoms with Crippen LogP contribution in [-0.2, 0) is 7.05 Å². The van der Waals surface area contributed by atoms with Gasteiger partial charge in [-0.1, -0.05) is 6.07 Å². The van der Waals surface area contributed by atoms with E-state index < -0.39 is 18.6 Å². The predicted molar refractivity (Wildman–Crippen MR) is 114 cm³/mol. The van der Waals surface area contributed by atoms with E-state index in [-0.39, 0.29) is 5.69 Å². The third-order valence-electron chi connectivity index (χ3n) is 4.92. The van der Waals surface area contributed by atoms with Crippen molar-refractivity contribution in [3.8, 4) is 17.3 Å². The highest BCUT2D eigenvalue weighted by Crippen LogP contribution is 2.29. The van der Waals surface area contributed by atoms with E-state index in [1.54, 1.807) is 6.07 Å². The molecule has 3 rings (SSSR count). The van der Waals surface area contributed by atoms with E-state index in [9.17, 15) is 18.4 Å². The Morgan fingerprint density at radius 1 is 1.32 bits per heavy atom. The van der Waals surface area contributed by atoms with Crippen LogP contribution in [0.2, 0.25) is 0 Å². The molecule has 1 atom stereocenters. The van der Waals surface area contributed by atoms with Crippen LogP contribution in [0.5, 0.6) is 0 Å². The zero-order chi connectivity index (χ0) is 22.8. The standard InChI is InChI=1S/C22H21F3N6/c1-13-29-18-8-14(4-7-19(18)31(13)3)21-17(6-5-16(10-27)30-21)15(9-26)11-28-12-20(23)22(2,24)25/h4-9,11,20H,12,26H2,1-3H3. The van der Waals surface area contributed by atoms with E-state index in [1.165, 1.54) is 18.5 Å². The van der Waals surface area contributed by atoms with Gasteiger partial charge in [-0.25, -0.2) is 23.1 Å². The van der Waals surface area contributed by atoms with Crippen molar-refractivity contribution in [2.45, 2.75) is 25.9 Å². The molecule has 0 radical (unpaired) electrons. The van der Waals surface area contributed by atoms with Crippen LogP contribution in [0.25, 0.3) is 27.9 Å². The number of halogens is 3. The highest BCUT2D eigenvalue weighted by molar-refractivity contribution is 6.12. The number of fused-ring (bicyclic) bond motifs is 1. The molecule has 0 spiro atoms. The van der Waals surface area contributed by atoms with Crippen LogP contribution < -0.4 is 5.73 Å². The summed E-state index contributed by atoms with van der Waals surface area (Å²) in [6, 6.07) is 10.7. The summed E-state index contributed by atoms with van der Waals surface area (Å²) < 4.78 is 41.5.